The van der Waals surface area contributed by atoms with Crippen LogP contribution in [0.3, 0.4) is 0 Å². The highest BCUT2D eigenvalue weighted by atomic mass is 32.1. The molecule has 3 rings (SSSR count). The first-order chi connectivity index (χ1) is 10.8. The van der Waals surface area contributed by atoms with Gasteiger partial charge in [-0.3, -0.25) is 4.90 Å². The van der Waals surface area contributed by atoms with Gasteiger partial charge < -0.3 is 10.5 Å². The summed E-state index contributed by atoms with van der Waals surface area (Å²) in [6.07, 6.45) is 1.93. The van der Waals surface area contributed by atoms with Crippen LogP contribution in [0.1, 0.15) is 21.4 Å². The number of ether oxygens (including phenoxy) is 1. The number of likely N-dealkylation sites (tertiary alicyclic amines) is 1. The molecule has 2 aromatic rings. The molecule has 1 aromatic heterocycles. The minimum absolute atomic E-state index is 0.529. The number of nitrogens with two attached hydrogens (primary N) is 1. The van der Waals surface area contributed by atoms with Gasteiger partial charge in [-0.05, 0) is 18.0 Å². The van der Waals surface area contributed by atoms with Crippen molar-refractivity contribution in [3.63, 3.8) is 0 Å². The Balaban J connectivity index is 1.66. The van der Waals surface area contributed by atoms with Crippen LogP contribution in [0.25, 0.3) is 0 Å². The number of methoxy groups -OCH3 is 1. The van der Waals surface area contributed by atoms with Crippen LogP contribution >= 0.6 is 11.3 Å². The van der Waals surface area contributed by atoms with Crippen molar-refractivity contribution in [3.8, 4) is 0 Å². The lowest BCUT2D eigenvalue weighted by atomic mass is 9.89. The van der Waals surface area contributed by atoms with Crippen molar-refractivity contribution in [2.75, 3.05) is 26.7 Å². The fourth-order valence-electron chi connectivity index (χ4n) is 3.23. The van der Waals surface area contributed by atoms with Crippen LogP contribution in [-0.4, -0.2) is 36.6 Å². The van der Waals surface area contributed by atoms with Gasteiger partial charge in [0.1, 0.15) is 5.01 Å². The van der Waals surface area contributed by atoms with Crippen molar-refractivity contribution in [3.05, 3.63) is 52.0 Å². The van der Waals surface area contributed by atoms with Crippen molar-refractivity contribution in [1.82, 2.24) is 9.88 Å². The van der Waals surface area contributed by atoms with Crippen LogP contribution < -0.4 is 5.73 Å². The van der Waals surface area contributed by atoms with Gasteiger partial charge in [0.15, 0.2) is 0 Å². The summed E-state index contributed by atoms with van der Waals surface area (Å²) in [5.41, 5.74) is 7.41. The third-order valence-corrected chi connectivity index (χ3v) is 5.25. The molecule has 4 nitrogen and oxygen atoms in total. The Morgan fingerprint density at radius 2 is 2.14 bits per heavy atom. The summed E-state index contributed by atoms with van der Waals surface area (Å²) >= 11 is 1.74. The zero-order valence-corrected chi connectivity index (χ0v) is 13.8. The van der Waals surface area contributed by atoms with E-state index in [-0.39, 0.29) is 0 Å². The molecule has 1 saturated heterocycles. The molecule has 22 heavy (non-hydrogen) atoms. The van der Waals surface area contributed by atoms with Crippen LogP contribution in [-0.2, 0) is 17.9 Å². The van der Waals surface area contributed by atoms with E-state index in [1.165, 1.54) is 10.4 Å². The first-order valence-corrected chi connectivity index (χ1v) is 8.51. The van der Waals surface area contributed by atoms with E-state index in [0.29, 0.717) is 18.4 Å². The van der Waals surface area contributed by atoms with Crippen molar-refractivity contribution in [2.45, 2.75) is 19.1 Å². The number of benzene rings is 1. The zero-order valence-electron chi connectivity index (χ0n) is 12.9. The Labute approximate surface area is 135 Å². The third-order valence-electron chi connectivity index (χ3n) is 4.29. The van der Waals surface area contributed by atoms with Crippen molar-refractivity contribution in [1.29, 1.82) is 0 Å². The number of thiazole rings is 1. The van der Waals surface area contributed by atoms with Crippen LogP contribution in [0.5, 0.6) is 0 Å². The summed E-state index contributed by atoms with van der Waals surface area (Å²) < 4.78 is 5.16. The van der Waals surface area contributed by atoms with E-state index in [1.54, 1.807) is 18.4 Å². The molecule has 1 aliphatic rings. The summed E-state index contributed by atoms with van der Waals surface area (Å²) in [4.78, 5) is 8.18. The summed E-state index contributed by atoms with van der Waals surface area (Å²) in [5.74, 6) is 1.06. The maximum atomic E-state index is 6.00. The predicted molar refractivity (Wildman–Crippen MR) is 89.8 cm³/mol. The smallest absolute Gasteiger partial charge is 0.107 e. The second-order valence-electron chi connectivity index (χ2n) is 5.86. The molecule has 1 fully saturated rings. The molecule has 0 amide bonds. The van der Waals surface area contributed by atoms with Gasteiger partial charge in [-0.15, -0.1) is 11.3 Å². The molecule has 0 bridgehead atoms. The van der Waals surface area contributed by atoms with E-state index in [0.717, 1.165) is 31.2 Å². The van der Waals surface area contributed by atoms with Gasteiger partial charge in [-0.25, -0.2) is 4.98 Å². The van der Waals surface area contributed by atoms with E-state index < -0.39 is 0 Å². The highest BCUT2D eigenvalue weighted by molar-refractivity contribution is 7.11. The molecule has 118 valence electrons. The molecule has 2 atom stereocenters. The average Bonchev–Trinajstić information content (AvgIpc) is 3.16. The molecular formula is C17H23N3OS. The summed E-state index contributed by atoms with van der Waals surface area (Å²) in [7, 11) is 1.72. The molecule has 0 spiro atoms. The van der Waals surface area contributed by atoms with Gasteiger partial charge in [0, 0.05) is 32.3 Å². The van der Waals surface area contributed by atoms with E-state index >= 15 is 0 Å². The number of aromatic nitrogens is 1. The molecular weight excluding hydrogens is 294 g/mol. The van der Waals surface area contributed by atoms with Crippen LogP contribution in [0.15, 0.2) is 36.5 Å². The van der Waals surface area contributed by atoms with E-state index in [2.05, 4.69) is 40.2 Å². The maximum absolute atomic E-state index is 6.00. The standard InChI is InChI=1S/C17H23N3OS/c1-21-12-15-8-19-17(22-15)11-20-9-14(7-18)16(10-20)13-5-3-2-4-6-13/h2-6,8,14,16H,7,9-12,18H2,1H3/t14-,16+/m1/s1. The highest BCUT2D eigenvalue weighted by Gasteiger charge is 2.32. The fourth-order valence-corrected chi connectivity index (χ4v) is 4.17. The van der Waals surface area contributed by atoms with Gasteiger partial charge in [0.2, 0.25) is 0 Å². The summed E-state index contributed by atoms with van der Waals surface area (Å²) in [6.45, 7) is 4.41. The topological polar surface area (TPSA) is 51.4 Å². The van der Waals surface area contributed by atoms with E-state index in [1.807, 2.05) is 6.20 Å². The zero-order chi connectivity index (χ0) is 15.4. The lowest BCUT2D eigenvalue weighted by Crippen LogP contribution is -2.23. The van der Waals surface area contributed by atoms with Crippen LogP contribution in [0, 0.1) is 5.92 Å². The van der Waals surface area contributed by atoms with Crippen molar-refractivity contribution >= 4 is 11.3 Å². The quantitative estimate of drug-likeness (QED) is 0.889. The molecule has 0 saturated carbocycles. The van der Waals surface area contributed by atoms with E-state index in [9.17, 15) is 0 Å². The molecule has 5 heteroatoms. The lowest BCUT2D eigenvalue weighted by Gasteiger charge is -2.16. The molecule has 1 aromatic carbocycles. The van der Waals surface area contributed by atoms with Crippen LogP contribution in [0.2, 0.25) is 0 Å². The SMILES string of the molecule is COCc1cnc(CN2C[C@@H](CN)[C@H](c3ccccc3)C2)s1. The van der Waals surface area contributed by atoms with Crippen molar-refractivity contribution in [2.24, 2.45) is 11.7 Å². The average molecular weight is 317 g/mol. The Kier molecular flexibility index (Phi) is 5.20. The van der Waals surface area contributed by atoms with Gasteiger partial charge >= 0.3 is 0 Å². The molecule has 0 unspecified atom stereocenters. The van der Waals surface area contributed by atoms with Crippen molar-refractivity contribution < 1.29 is 4.74 Å². The number of hydrogen-bond acceptors (Lipinski definition) is 5. The molecule has 2 heterocycles. The summed E-state index contributed by atoms with van der Waals surface area (Å²) in [6, 6.07) is 10.7. The minimum atomic E-state index is 0.529. The monoisotopic (exact) mass is 317 g/mol. The first-order valence-electron chi connectivity index (χ1n) is 7.70. The Morgan fingerprint density at radius 1 is 1.32 bits per heavy atom. The maximum Gasteiger partial charge on any atom is 0.107 e. The summed E-state index contributed by atoms with van der Waals surface area (Å²) in [5, 5.41) is 1.16. The largest absolute Gasteiger partial charge is 0.379 e. The van der Waals surface area contributed by atoms with Gasteiger partial charge in [-0.2, -0.15) is 0 Å². The Hall–Kier alpha value is -1.27. The number of nitrogens with zero attached hydrogens (tertiary/aromatic N) is 2. The predicted octanol–water partition coefficient (Wildman–Crippen LogP) is 2.46. The van der Waals surface area contributed by atoms with Gasteiger partial charge in [0.05, 0.1) is 18.0 Å². The number of hydrogen-bond donors (Lipinski definition) is 1. The molecule has 2 N–H and O–H groups in total. The Bertz CT molecular complexity index is 587. The van der Waals surface area contributed by atoms with E-state index in [4.69, 9.17) is 10.5 Å². The number of rotatable bonds is 6. The van der Waals surface area contributed by atoms with Gasteiger partial charge in [0.25, 0.3) is 0 Å². The second-order valence-corrected chi connectivity index (χ2v) is 7.06. The van der Waals surface area contributed by atoms with Crippen LogP contribution in [0.4, 0.5) is 0 Å². The molecule has 0 aliphatic carbocycles. The van der Waals surface area contributed by atoms with Gasteiger partial charge in [-0.1, -0.05) is 30.3 Å². The Morgan fingerprint density at radius 3 is 2.86 bits per heavy atom. The highest BCUT2D eigenvalue weighted by Crippen LogP contribution is 2.33. The lowest BCUT2D eigenvalue weighted by molar-refractivity contribution is 0.187. The fraction of sp³-hybridized carbons (Fsp3) is 0.471. The first kappa shape index (κ1) is 15.6. The second kappa shape index (κ2) is 7.33. The normalized spacial score (nSPS) is 22.3. The molecule has 1 aliphatic heterocycles. The molecule has 0 radical (unpaired) electrons. The third kappa shape index (κ3) is 3.55. The minimum Gasteiger partial charge on any atom is -0.379 e.